The third-order valence-electron chi connectivity index (χ3n) is 3.04. The van der Waals surface area contributed by atoms with Crippen LogP contribution in [0.15, 0.2) is 53.6 Å². The summed E-state index contributed by atoms with van der Waals surface area (Å²) >= 11 is 1.85. The van der Waals surface area contributed by atoms with Crippen molar-refractivity contribution in [3.8, 4) is 0 Å². The van der Waals surface area contributed by atoms with Gasteiger partial charge in [-0.1, -0.05) is 18.2 Å². The SMILES string of the molecule is O=S(=O)(c1ccccc1)n1cc(I)c2cc(F)cc(F)c21. The minimum atomic E-state index is -3.93. The van der Waals surface area contributed by atoms with Crippen LogP contribution in [-0.2, 0) is 10.0 Å². The fourth-order valence-electron chi connectivity index (χ4n) is 2.10. The quantitative estimate of drug-likeness (QED) is 0.594. The first-order chi connectivity index (χ1) is 9.91. The Bertz CT molecular complexity index is 937. The topological polar surface area (TPSA) is 39.1 Å². The molecule has 1 heterocycles. The molecule has 0 aliphatic carbocycles. The second kappa shape index (κ2) is 5.06. The molecule has 0 amide bonds. The Hall–Kier alpha value is -1.48. The molecule has 0 saturated heterocycles. The summed E-state index contributed by atoms with van der Waals surface area (Å²) in [7, 11) is -3.93. The Morgan fingerprint density at radius 1 is 1.05 bits per heavy atom. The predicted molar refractivity (Wildman–Crippen MR) is 83.6 cm³/mol. The van der Waals surface area contributed by atoms with Crippen LogP contribution in [0.3, 0.4) is 0 Å². The van der Waals surface area contributed by atoms with Gasteiger partial charge in [-0.25, -0.2) is 21.2 Å². The van der Waals surface area contributed by atoms with E-state index in [1.165, 1.54) is 18.3 Å². The van der Waals surface area contributed by atoms with Crippen molar-refractivity contribution in [2.45, 2.75) is 4.90 Å². The van der Waals surface area contributed by atoms with Gasteiger partial charge in [0.25, 0.3) is 10.0 Å². The Morgan fingerprint density at radius 3 is 2.38 bits per heavy atom. The summed E-state index contributed by atoms with van der Waals surface area (Å²) in [6.45, 7) is 0. The molecule has 7 heteroatoms. The van der Waals surface area contributed by atoms with Crippen LogP contribution in [0.25, 0.3) is 10.9 Å². The number of aromatic nitrogens is 1. The maximum Gasteiger partial charge on any atom is 0.268 e. The number of halogens is 3. The van der Waals surface area contributed by atoms with Crippen molar-refractivity contribution in [2.24, 2.45) is 0 Å². The molecule has 0 atom stereocenters. The van der Waals surface area contributed by atoms with Gasteiger partial charge in [-0.3, -0.25) is 0 Å². The smallest absolute Gasteiger partial charge is 0.237 e. The third kappa shape index (κ3) is 2.34. The second-order valence-electron chi connectivity index (χ2n) is 4.37. The van der Waals surface area contributed by atoms with Gasteiger partial charge in [0, 0.05) is 21.2 Å². The monoisotopic (exact) mass is 419 g/mol. The van der Waals surface area contributed by atoms with E-state index in [0.717, 1.165) is 10.0 Å². The van der Waals surface area contributed by atoms with E-state index in [9.17, 15) is 17.2 Å². The lowest BCUT2D eigenvalue weighted by Crippen LogP contribution is -2.12. The molecule has 0 spiro atoms. The van der Waals surface area contributed by atoms with E-state index in [0.29, 0.717) is 9.64 Å². The first kappa shape index (κ1) is 14.5. The Kier molecular flexibility index (Phi) is 3.48. The summed E-state index contributed by atoms with van der Waals surface area (Å²) in [5, 5.41) is 0.229. The van der Waals surface area contributed by atoms with Crippen LogP contribution in [-0.4, -0.2) is 12.4 Å². The molecule has 0 radical (unpaired) electrons. The minimum absolute atomic E-state index is 0.0435. The van der Waals surface area contributed by atoms with E-state index >= 15 is 0 Å². The Labute approximate surface area is 133 Å². The molecule has 0 saturated carbocycles. The van der Waals surface area contributed by atoms with E-state index in [1.807, 2.05) is 22.6 Å². The van der Waals surface area contributed by atoms with Gasteiger partial charge in [-0.15, -0.1) is 0 Å². The molecule has 0 aliphatic heterocycles. The van der Waals surface area contributed by atoms with Crippen molar-refractivity contribution in [1.29, 1.82) is 0 Å². The van der Waals surface area contributed by atoms with E-state index in [-0.39, 0.29) is 15.8 Å². The van der Waals surface area contributed by atoms with Crippen molar-refractivity contribution < 1.29 is 17.2 Å². The summed E-state index contributed by atoms with van der Waals surface area (Å²) in [6, 6.07) is 9.50. The lowest BCUT2D eigenvalue weighted by molar-refractivity contribution is 0.579. The highest BCUT2D eigenvalue weighted by atomic mass is 127. The van der Waals surface area contributed by atoms with Crippen molar-refractivity contribution in [1.82, 2.24) is 3.97 Å². The molecular formula is C14H8F2INO2S. The van der Waals surface area contributed by atoms with Crippen LogP contribution in [0.5, 0.6) is 0 Å². The van der Waals surface area contributed by atoms with E-state index in [1.54, 1.807) is 18.2 Å². The summed E-state index contributed by atoms with van der Waals surface area (Å²) < 4.78 is 53.9. The molecular weight excluding hydrogens is 411 g/mol. The summed E-state index contributed by atoms with van der Waals surface area (Å²) in [5.41, 5.74) is -0.148. The van der Waals surface area contributed by atoms with Crippen LogP contribution in [0, 0.1) is 15.2 Å². The second-order valence-corrected chi connectivity index (χ2v) is 7.35. The molecule has 21 heavy (non-hydrogen) atoms. The highest BCUT2D eigenvalue weighted by molar-refractivity contribution is 14.1. The van der Waals surface area contributed by atoms with E-state index in [4.69, 9.17) is 0 Å². The van der Waals surface area contributed by atoms with Crippen molar-refractivity contribution in [2.75, 3.05) is 0 Å². The van der Waals surface area contributed by atoms with Crippen molar-refractivity contribution in [3.63, 3.8) is 0 Å². The van der Waals surface area contributed by atoms with Crippen molar-refractivity contribution in [3.05, 3.63) is 63.9 Å². The zero-order chi connectivity index (χ0) is 15.2. The lowest BCUT2D eigenvalue weighted by Gasteiger charge is -2.07. The van der Waals surface area contributed by atoms with Gasteiger partial charge in [0.2, 0.25) is 0 Å². The average Bonchev–Trinajstić information content (AvgIpc) is 2.78. The first-order valence-corrected chi connectivity index (χ1v) is 8.39. The molecule has 108 valence electrons. The lowest BCUT2D eigenvalue weighted by atomic mass is 10.2. The summed E-state index contributed by atoms with van der Waals surface area (Å²) in [5.74, 6) is -1.65. The maximum atomic E-state index is 14.0. The van der Waals surface area contributed by atoms with Crippen LogP contribution in [0.2, 0.25) is 0 Å². The van der Waals surface area contributed by atoms with Crippen LogP contribution >= 0.6 is 22.6 Å². The molecule has 0 bridgehead atoms. The number of hydrogen-bond acceptors (Lipinski definition) is 2. The normalized spacial score (nSPS) is 12.0. The summed E-state index contributed by atoms with van der Waals surface area (Å²) in [6.07, 6.45) is 1.29. The van der Waals surface area contributed by atoms with Crippen LogP contribution < -0.4 is 0 Å². The van der Waals surface area contributed by atoms with Gasteiger partial charge >= 0.3 is 0 Å². The number of rotatable bonds is 2. The predicted octanol–water partition coefficient (Wildman–Crippen LogP) is 3.76. The van der Waals surface area contributed by atoms with Gasteiger partial charge in [-0.2, -0.15) is 0 Å². The molecule has 0 N–H and O–H groups in total. The van der Waals surface area contributed by atoms with Gasteiger partial charge in [0.15, 0.2) is 5.82 Å². The fraction of sp³-hybridized carbons (Fsp3) is 0. The van der Waals surface area contributed by atoms with E-state index < -0.39 is 21.7 Å². The number of fused-ring (bicyclic) bond motifs is 1. The molecule has 0 aliphatic rings. The first-order valence-electron chi connectivity index (χ1n) is 5.87. The molecule has 3 aromatic rings. The average molecular weight is 419 g/mol. The van der Waals surface area contributed by atoms with Gasteiger partial charge < -0.3 is 0 Å². The molecule has 0 fully saturated rings. The van der Waals surface area contributed by atoms with Gasteiger partial charge in [0.1, 0.15) is 11.3 Å². The molecule has 0 unspecified atom stereocenters. The number of nitrogens with zero attached hydrogens (tertiary/aromatic N) is 1. The fourth-order valence-corrected chi connectivity index (χ4v) is 4.38. The van der Waals surface area contributed by atoms with Crippen molar-refractivity contribution >= 4 is 43.5 Å². The van der Waals surface area contributed by atoms with E-state index in [2.05, 4.69) is 0 Å². The molecule has 1 aromatic heterocycles. The highest BCUT2D eigenvalue weighted by Gasteiger charge is 2.23. The maximum absolute atomic E-state index is 14.0. The molecule has 3 rings (SSSR count). The van der Waals surface area contributed by atoms with Crippen LogP contribution in [0.1, 0.15) is 0 Å². The zero-order valence-electron chi connectivity index (χ0n) is 10.4. The standard InChI is InChI=1S/C14H8F2INO2S/c15-9-6-11-13(17)8-18(14(11)12(16)7-9)21(19,20)10-4-2-1-3-5-10/h1-8H. The minimum Gasteiger partial charge on any atom is -0.237 e. The van der Waals surface area contributed by atoms with Gasteiger partial charge in [-0.05, 0) is 40.8 Å². The highest BCUT2D eigenvalue weighted by Crippen LogP contribution is 2.29. The Morgan fingerprint density at radius 2 is 1.71 bits per heavy atom. The zero-order valence-corrected chi connectivity index (χ0v) is 13.4. The largest absolute Gasteiger partial charge is 0.268 e. The van der Waals surface area contributed by atoms with Crippen LogP contribution in [0.4, 0.5) is 8.78 Å². The third-order valence-corrected chi connectivity index (χ3v) is 5.57. The summed E-state index contributed by atoms with van der Waals surface area (Å²) in [4.78, 5) is 0.0435. The number of hydrogen-bond donors (Lipinski definition) is 0. The molecule has 2 aromatic carbocycles. The Balaban J connectivity index is 2.37. The van der Waals surface area contributed by atoms with Gasteiger partial charge in [0.05, 0.1) is 4.90 Å². The molecule has 3 nitrogen and oxygen atoms in total. The number of benzene rings is 2.